The molecule has 45 heavy (non-hydrogen) atoms. The van der Waals surface area contributed by atoms with Crippen LogP contribution >= 0.6 is 0 Å². The maximum Gasteiger partial charge on any atom is 0.338 e. The van der Waals surface area contributed by atoms with Gasteiger partial charge in [0, 0.05) is 18.9 Å². The van der Waals surface area contributed by atoms with Crippen molar-refractivity contribution in [3.63, 3.8) is 0 Å². The molecule has 0 fully saturated rings. The van der Waals surface area contributed by atoms with E-state index >= 15 is 0 Å². The summed E-state index contributed by atoms with van der Waals surface area (Å²) >= 11 is 0. The molecule has 0 N–H and O–H groups in total. The van der Waals surface area contributed by atoms with Crippen molar-refractivity contribution in [1.82, 2.24) is 0 Å². The first-order valence-electron chi connectivity index (χ1n) is 15.1. The SMILES string of the molecule is CCCOc1ccc(C=Nc2ccc(C(=O)OCCCOC(=O)c3ccc(N=Cc4ccc(OCCC)cc4)cc3)cc2)cc1. The monoisotopic (exact) mass is 606 g/mol. The Morgan fingerprint density at radius 1 is 0.533 bits per heavy atom. The molecule has 4 rings (SSSR count). The molecule has 0 heterocycles. The van der Waals surface area contributed by atoms with Crippen LogP contribution < -0.4 is 9.47 Å². The summed E-state index contributed by atoms with van der Waals surface area (Å²) in [5.41, 5.74) is 4.16. The van der Waals surface area contributed by atoms with Gasteiger partial charge in [0.25, 0.3) is 0 Å². The number of hydrogen-bond acceptors (Lipinski definition) is 8. The Hall–Kier alpha value is -5.24. The van der Waals surface area contributed by atoms with Crippen molar-refractivity contribution in [2.24, 2.45) is 9.98 Å². The van der Waals surface area contributed by atoms with Crippen LogP contribution in [0.4, 0.5) is 11.4 Å². The van der Waals surface area contributed by atoms with Gasteiger partial charge in [-0.2, -0.15) is 0 Å². The number of esters is 2. The summed E-state index contributed by atoms with van der Waals surface area (Å²) in [6.07, 6.45) is 5.82. The molecule has 232 valence electrons. The highest BCUT2D eigenvalue weighted by molar-refractivity contribution is 5.91. The van der Waals surface area contributed by atoms with Crippen molar-refractivity contribution in [1.29, 1.82) is 0 Å². The van der Waals surface area contributed by atoms with Crippen LogP contribution in [0.1, 0.15) is 65.0 Å². The minimum absolute atomic E-state index is 0.128. The van der Waals surface area contributed by atoms with E-state index in [9.17, 15) is 9.59 Å². The molecule has 4 aromatic rings. The van der Waals surface area contributed by atoms with E-state index in [0.29, 0.717) is 42.1 Å². The fraction of sp³-hybridized carbons (Fsp3) is 0.243. The van der Waals surface area contributed by atoms with Crippen LogP contribution in [0.5, 0.6) is 11.5 Å². The highest BCUT2D eigenvalue weighted by Crippen LogP contribution is 2.17. The molecule has 0 aliphatic heterocycles. The molecule has 0 spiro atoms. The Labute approximate surface area is 264 Å². The molecule has 0 aromatic heterocycles. The molecule has 0 aliphatic carbocycles. The van der Waals surface area contributed by atoms with Crippen molar-refractivity contribution in [2.45, 2.75) is 33.1 Å². The zero-order valence-electron chi connectivity index (χ0n) is 25.7. The number of hydrogen-bond donors (Lipinski definition) is 0. The van der Waals surface area contributed by atoms with Crippen molar-refractivity contribution >= 4 is 35.7 Å². The third kappa shape index (κ3) is 11.1. The first-order valence-corrected chi connectivity index (χ1v) is 15.1. The highest BCUT2D eigenvalue weighted by atomic mass is 16.5. The van der Waals surface area contributed by atoms with Crippen molar-refractivity contribution in [2.75, 3.05) is 26.4 Å². The zero-order valence-corrected chi connectivity index (χ0v) is 25.7. The third-order valence-electron chi connectivity index (χ3n) is 6.39. The quantitative estimate of drug-likeness (QED) is 0.0725. The van der Waals surface area contributed by atoms with E-state index in [0.717, 1.165) is 35.5 Å². The topological polar surface area (TPSA) is 95.8 Å². The molecule has 0 atom stereocenters. The van der Waals surface area contributed by atoms with Gasteiger partial charge in [-0.15, -0.1) is 0 Å². The number of ether oxygens (including phenoxy) is 4. The first kappa shape index (κ1) is 32.7. The van der Waals surface area contributed by atoms with Gasteiger partial charge in [0.2, 0.25) is 0 Å². The normalized spacial score (nSPS) is 11.1. The lowest BCUT2D eigenvalue weighted by Gasteiger charge is -2.07. The maximum atomic E-state index is 12.4. The van der Waals surface area contributed by atoms with Crippen molar-refractivity contribution in [3.8, 4) is 11.5 Å². The van der Waals surface area contributed by atoms with Gasteiger partial charge in [-0.05, 0) is 121 Å². The van der Waals surface area contributed by atoms with E-state index < -0.39 is 11.9 Å². The zero-order chi connectivity index (χ0) is 31.7. The van der Waals surface area contributed by atoms with Gasteiger partial charge >= 0.3 is 11.9 Å². The number of nitrogens with zero attached hydrogens (tertiary/aromatic N) is 2. The van der Waals surface area contributed by atoms with Crippen molar-refractivity contribution in [3.05, 3.63) is 119 Å². The number of aliphatic imine (C=N–C) groups is 2. The van der Waals surface area contributed by atoms with Crippen LogP contribution in [0, 0.1) is 0 Å². The minimum Gasteiger partial charge on any atom is -0.494 e. The fourth-order valence-corrected chi connectivity index (χ4v) is 3.96. The lowest BCUT2D eigenvalue weighted by Crippen LogP contribution is -2.11. The summed E-state index contributed by atoms with van der Waals surface area (Å²) in [5.74, 6) is 0.769. The summed E-state index contributed by atoms with van der Waals surface area (Å²) in [6, 6.07) is 29.1. The third-order valence-corrected chi connectivity index (χ3v) is 6.39. The van der Waals surface area contributed by atoms with Gasteiger partial charge < -0.3 is 18.9 Å². The molecule has 0 radical (unpaired) electrons. The van der Waals surface area contributed by atoms with Gasteiger partial charge in [-0.3, -0.25) is 9.98 Å². The standard InChI is InChI=1S/C37H38N2O6/c1-3-22-42-34-18-6-28(7-19-34)26-38-32-14-10-30(11-15-32)36(40)44-24-5-25-45-37(41)31-12-16-33(17-13-31)39-27-29-8-20-35(21-9-29)43-23-4-2/h6-21,26-27H,3-5,22-25H2,1-2H3. The Morgan fingerprint density at radius 3 is 1.27 bits per heavy atom. The Kier molecular flexibility index (Phi) is 12.9. The van der Waals surface area contributed by atoms with E-state index in [4.69, 9.17) is 18.9 Å². The molecule has 0 aliphatic rings. The summed E-state index contributed by atoms with van der Waals surface area (Å²) < 4.78 is 21.8. The lowest BCUT2D eigenvalue weighted by molar-refractivity contribution is 0.0396. The van der Waals surface area contributed by atoms with Gasteiger partial charge in [0.1, 0.15) is 11.5 Å². The van der Waals surface area contributed by atoms with Crippen LogP contribution in [0.25, 0.3) is 0 Å². The van der Waals surface area contributed by atoms with E-state index in [-0.39, 0.29) is 13.2 Å². The molecule has 4 aromatic carbocycles. The van der Waals surface area contributed by atoms with Crippen LogP contribution in [0.3, 0.4) is 0 Å². The molecular formula is C37H38N2O6. The second kappa shape index (κ2) is 17.8. The number of rotatable bonds is 16. The Balaban J connectivity index is 1.14. The first-order chi connectivity index (χ1) is 22.0. The number of benzene rings is 4. The predicted octanol–water partition coefficient (Wildman–Crippen LogP) is 8.17. The summed E-state index contributed by atoms with van der Waals surface area (Å²) in [4.78, 5) is 33.7. The summed E-state index contributed by atoms with van der Waals surface area (Å²) in [7, 11) is 0. The van der Waals surface area contributed by atoms with Crippen LogP contribution in [-0.2, 0) is 9.47 Å². The smallest absolute Gasteiger partial charge is 0.338 e. The van der Waals surface area contributed by atoms with Gasteiger partial charge in [-0.1, -0.05) is 13.8 Å². The largest absolute Gasteiger partial charge is 0.494 e. The molecule has 0 saturated carbocycles. The highest BCUT2D eigenvalue weighted by Gasteiger charge is 2.09. The maximum absolute atomic E-state index is 12.4. The molecule has 0 amide bonds. The second-order valence-corrected chi connectivity index (χ2v) is 10.1. The Bertz CT molecular complexity index is 1430. The average molecular weight is 607 g/mol. The van der Waals surface area contributed by atoms with E-state index in [1.54, 1.807) is 61.0 Å². The number of carbonyl (C=O) groups excluding carboxylic acids is 2. The molecule has 8 nitrogen and oxygen atoms in total. The molecule has 0 saturated heterocycles. The Morgan fingerprint density at radius 2 is 0.911 bits per heavy atom. The van der Waals surface area contributed by atoms with E-state index in [1.165, 1.54) is 0 Å². The van der Waals surface area contributed by atoms with Crippen LogP contribution in [0.15, 0.2) is 107 Å². The molecule has 0 bridgehead atoms. The van der Waals surface area contributed by atoms with Gasteiger partial charge in [-0.25, -0.2) is 9.59 Å². The molecular weight excluding hydrogens is 568 g/mol. The van der Waals surface area contributed by atoms with Crippen LogP contribution in [-0.4, -0.2) is 50.8 Å². The summed E-state index contributed by atoms with van der Waals surface area (Å²) in [6.45, 7) is 5.77. The summed E-state index contributed by atoms with van der Waals surface area (Å²) in [5, 5.41) is 0. The van der Waals surface area contributed by atoms with Gasteiger partial charge in [0.05, 0.1) is 48.9 Å². The fourth-order valence-electron chi connectivity index (χ4n) is 3.96. The van der Waals surface area contributed by atoms with Gasteiger partial charge in [0.15, 0.2) is 0 Å². The molecule has 0 unspecified atom stereocenters. The minimum atomic E-state index is -0.448. The predicted molar refractivity (Wildman–Crippen MR) is 177 cm³/mol. The lowest BCUT2D eigenvalue weighted by atomic mass is 10.2. The van der Waals surface area contributed by atoms with E-state index in [1.807, 2.05) is 48.5 Å². The molecule has 8 heteroatoms. The second-order valence-electron chi connectivity index (χ2n) is 10.1. The average Bonchev–Trinajstić information content (AvgIpc) is 3.09. The van der Waals surface area contributed by atoms with E-state index in [2.05, 4.69) is 23.8 Å². The van der Waals surface area contributed by atoms with Crippen LogP contribution in [0.2, 0.25) is 0 Å². The van der Waals surface area contributed by atoms with Crippen molar-refractivity contribution < 1.29 is 28.5 Å². The number of carbonyl (C=O) groups is 2.